The fourth-order valence-electron chi connectivity index (χ4n) is 2.69. The molecule has 0 radical (unpaired) electrons. The van der Waals surface area contributed by atoms with Crippen LogP contribution >= 0.6 is 0 Å². The predicted octanol–water partition coefficient (Wildman–Crippen LogP) is 3.76. The summed E-state index contributed by atoms with van der Waals surface area (Å²) in [6.45, 7) is 0. The van der Waals surface area contributed by atoms with Crippen LogP contribution in [0.5, 0.6) is 0 Å². The summed E-state index contributed by atoms with van der Waals surface area (Å²) in [6.07, 6.45) is 7.34. The minimum atomic E-state index is -0.931. The zero-order valence-electron chi connectivity index (χ0n) is 12.6. The lowest BCUT2D eigenvalue weighted by atomic mass is 10.1. The number of imidazole rings is 1. The van der Waals surface area contributed by atoms with E-state index in [1.165, 1.54) is 0 Å². The van der Waals surface area contributed by atoms with E-state index >= 15 is 0 Å². The molecule has 5 nitrogen and oxygen atoms in total. The van der Waals surface area contributed by atoms with E-state index in [9.17, 15) is 4.79 Å². The van der Waals surface area contributed by atoms with Gasteiger partial charge in [0.05, 0.1) is 17.5 Å². The second-order valence-corrected chi connectivity index (χ2v) is 5.41. The maximum Gasteiger partial charge on any atom is 0.335 e. The highest BCUT2D eigenvalue weighted by Gasteiger charge is 2.09. The minimum Gasteiger partial charge on any atom is -0.478 e. The van der Waals surface area contributed by atoms with Crippen LogP contribution in [0.15, 0.2) is 73.3 Å². The Morgan fingerprint density at radius 3 is 2.29 bits per heavy atom. The summed E-state index contributed by atoms with van der Waals surface area (Å²) in [5.74, 6) is -0.931. The van der Waals surface area contributed by atoms with Crippen molar-refractivity contribution < 1.29 is 9.90 Å². The number of carboxylic acids is 1. The van der Waals surface area contributed by atoms with Gasteiger partial charge in [0.1, 0.15) is 5.65 Å². The van der Waals surface area contributed by atoms with Gasteiger partial charge in [-0.1, -0.05) is 12.1 Å². The van der Waals surface area contributed by atoms with Crippen molar-refractivity contribution in [1.29, 1.82) is 0 Å². The molecule has 0 spiro atoms. The van der Waals surface area contributed by atoms with E-state index in [4.69, 9.17) is 5.11 Å². The third-order valence-electron chi connectivity index (χ3n) is 3.95. The van der Waals surface area contributed by atoms with Gasteiger partial charge in [-0.25, -0.2) is 9.78 Å². The molecule has 0 unspecified atom stereocenters. The van der Waals surface area contributed by atoms with Crippen LogP contribution in [0.25, 0.3) is 28.0 Å². The number of aromatic nitrogens is 3. The third kappa shape index (κ3) is 2.42. The molecular formula is C19H13N3O2. The number of nitrogens with zero attached hydrogens (tertiary/aromatic N) is 3. The fraction of sp³-hybridized carbons (Fsp3) is 0. The van der Waals surface area contributed by atoms with Gasteiger partial charge in [-0.3, -0.25) is 9.38 Å². The predicted molar refractivity (Wildman–Crippen MR) is 90.8 cm³/mol. The number of carboxylic acid groups (broad SMARTS) is 1. The lowest BCUT2D eigenvalue weighted by molar-refractivity contribution is 0.0697. The number of aromatic carboxylic acids is 1. The first-order chi connectivity index (χ1) is 11.7. The molecule has 5 heteroatoms. The van der Waals surface area contributed by atoms with Gasteiger partial charge < -0.3 is 5.11 Å². The monoisotopic (exact) mass is 315 g/mol. The molecule has 0 fully saturated rings. The lowest BCUT2D eigenvalue weighted by Gasteiger charge is -2.06. The maximum absolute atomic E-state index is 11.0. The summed E-state index contributed by atoms with van der Waals surface area (Å²) in [5.41, 5.74) is 5.08. The number of benzene rings is 1. The lowest BCUT2D eigenvalue weighted by Crippen LogP contribution is -1.95. The zero-order valence-corrected chi connectivity index (χ0v) is 12.6. The van der Waals surface area contributed by atoms with Crippen molar-refractivity contribution in [3.8, 4) is 22.4 Å². The van der Waals surface area contributed by atoms with Gasteiger partial charge in [0.15, 0.2) is 0 Å². The normalized spacial score (nSPS) is 10.8. The van der Waals surface area contributed by atoms with Crippen molar-refractivity contribution in [3.05, 3.63) is 78.9 Å². The van der Waals surface area contributed by atoms with Gasteiger partial charge >= 0.3 is 5.97 Å². The van der Waals surface area contributed by atoms with Crippen LogP contribution in [-0.2, 0) is 0 Å². The summed E-state index contributed by atoms with van der Waals surface area (Å²) < 4.78 is 2.01. The Morgan fingerprint density at radius 2 is 1.58 bits per heavy atom. The average Bonchev–Trinajstić information content (AvgIpc) is 3.05. The van der Waals surface area contributed by atoms with Crippen LogP contribution in [-0.4, -0.2) is 25.4 Å². The molecule has 4 rings (SSSR count). The molecule has 1 N–H and O–H groups in total. The molecule has 0 saturated heterocycles. The zero-order chi connectivity index (χ0) is 16.5. The van der Waals surface area contributed by atoms with Gasteiger partial charge in [-0.2, -0.15) is 0 Å². The molecule has 0 saturated carbocycles. The number of hydrogen-bond donors (Lipinski definition) is 1. The molecular weight excluding hydrogens is 302 g/mol. The van der Waals surface area contributed by atoms with E-state index in [0.717, 1.165) is 28.0 Å². The summed E-state index contributed by atoms with van der Waals surface area (Å²) in [4.78, 5) is 19.5. The van der Waals surface area contributed by atoms with Crippen LogP contribution in [0.1, 0.15) is 10.4 Å². The molecule has 0 amide bonds. The summed E-state index contributed by atoms with van der Waals surface area (Å²) in [6, 6.07) is 14.7. The van der Waals surface area contributed by atoms with Gasteiger partial charge in [-0.15, -0.1) is 0 Å². The van der Waals surface area contributed by atoms with E-state index in [2.05, 4.69) is 9.97 Å². The molecule has 0 atom stereocenters. The van der Waals surface area contributed by atoms with Crippen molar-refractivity contribution in [3.63, 3.8) is 0 Å². The van der Waals surface area contributed by atoms with Crippen molar-refractivity contribution in [1.82, 2.24) is 14.4 Å². The Hall–Kier alpha value is -3.47. The average molecular weight is 315 g/mol. The molecule has 24 heavy (non-hydrogen) atoms. The van der Waals surface area contributed by atoms with Crippen molar-refractivity contribution in [2.24, 2.45) is 0 Å². The summed E-state index contributed by atoms with van der Waals surface area (Å²) in [5, 5.41) is 9.02. The highest BCUT2D eigenvalue weighted by molar-refractivity contribution is 5.88. The topological polar surface area (TPSA) is 67.5 Å². The Balaban J connectivity index is 1.83. The van der Waals surface area contributed by atoms with Gasteiger partial charge in [0, 0.05) is 24.2 Å². The number of rotatable bonds is 3. The van der Waals surface area contributed by atoms with Gasteiger partial charge in [-0.05, 0) is 47.5 Å². The van der Waals surface area contributed by atoms with E-state index in [-0.39, 0.29) is 5.56 Å². The first kappa shape index (κ1) is 14.1. The second-order valence-electron chi connectivity index (χ2n) is 5.41. The third-order valence-corrected chi connectivity index (χ3v) is 3.95. The SMILES string of the molecule is O=C(O)c1ccc(-c2cnc3ccc(-c4ccncc4)cn23)cc1. The first-order valence-corrected chi connectivity index (χ1v) is 7.43. The van der Waals surface area contributed by atoms with E-state index in [1.807, 2.05) is 34.9 Å². The standard InChI is InChI=1S/C19H13N3O2/c23-19(24)15-3-1-14(2-4-15)17-11-21-18-6-5-16(12-22(17)18)13-7-9-20-10-8-13/h1-12H,(H,23,24). The molecule has 1 aromatic carbocycles. The Labute approximate surface area is 137 Å². The van der Waals surface area contributed by atoms with Crippen LogP contribution in [0.4, 0.5) is 0 Å². The molecule has 3 aromatic heterocycles. The maximum atomic E-state index is 11.0. The number of hydrogen-bond acceptors (Lipinski definition) is 3. The van der Waals surface area contributed by atoms with E-state index in [0.29, 0.717) is 0 Å². The van der Waals surface area contributed by atoms with Gasteiger partial charge in [0.2, 0.25) is 0 Å². The van der Waals surface area contributed by atoms with Gasteiger partial charge in [0.25, 0.3) is 0 Å². The minimum absolute atomic E-state index is 0.269. The van der Waals surface area contributed by atoms with Crippen LogP contribution in [0.3, 0.4) is 0 Å². The molecule has 0 aliphatic rings. The Kier molecular flexibility index (Phi) is 3.31. The molecule has 4 aromatic rings. The van der Waals surface area contributed by atoms with Crippen molar-refractivity contribution in [2.75, 3.05) is 0 Å². The second kappa shape index (κ2) is 5.62. The molecule has 0 bridgehead atoms. The smallest absolute Gasteiger partial charge is 0.335 e. The highest BCUT2D eigenvalue weighted by atomic mass is 16.4. The van der Waals surface area contributed by atoms with Crippen LogP contribution in [0.2, 0.25) is 0 Å². The first-order valence-electron chi connectivity index (χ1n) is 7.43. The largest absolute Gasteiger partial charge is 0.478 e. The highest BCUT2D eigenvalue weighted by Crippen LogP contribution is 2.25. The quantitative estimate of drug-likeness (QED) is 0.625. The number of carbonyl (C=O) groups is 1. The van der Waals surface area contributed by atoms with Crippen molar-refractivity contribution in [2.45, 2.75) is 0 Å². The van der Waals surface area contributed by atoms with E-state index in [1.54, 1.807) is 42.9 Å². The summed E-state index contributed by atoms with van der Waals surface area (Å²) >= 11 is 0. The Morgan fingerprint density at radius 1 is 0.875 bits per heavy atom. The molecule has 3 heterocycles. The Bertz CT molecular complexity index is 1020. The van der Waals surface area contributed by atoms with Crippen molar-refractivity contribution >= 4 is 11.6 Å². The molecule has 0 aliphatic carbocycles. The number of fused-ring (bicyclic) bond motifs is 1. The van der Waals surface area contributed by atoms with Crippen LogP contribution < -0.4 is 0 Å². The fourth-order valence-corrected chi connectivity index (χ4v) is 2.69. The summed E-state index contributed by atoms with van der Waals surface area (Å²) in [7, 11) is 0. The molecule has 0 aliphatic heterocycles. The van der Waals surface area contributed by atoms with E-state index < -0.39 is 5.97 Å². The molecule has 116 valence electrons. The van der Waals surface area contributed by atoms with Crippen LogP contribution in [0, 0.1) is 0 Å². The number of pyridine rings is 2.